The summed E-state index contributed by atoms with van der Waals surface area (Å²) in [6.45, 7) is 2.83. The van der Waals surface area contributed by atoms with Crippen molar-refractivity contribution in [2.24, 2.45) is 0 Å². The molecule has 0 saturated carbocycles. The maximum absolute atomic E-state index is 13.9. The first kappa shape index (κ1) is 14.5. The molecule has 0 aromatic heterocycles. The summed E-state index contributed by atoms with van der Waals surface area (Å²) < 4.78 is 14.6. The van der Waals surface area contributed by atoms with Crippen LogP contribution in [0.2, 0.25) is 0 Å². The van der Waals surface area contributed by atoms with Crippen molar-refractivity contribution in [3.63, 3.8) is 0 Å². The average Bonchev–Trinajstić information content (AvgIpc) is 2.63. The fourth-order valence-electron chi connectivity index (χ4n) is 2.69. The summed E-state index contributed by atoms with van der Waals surface area (Å²) in [5.74, 6) is -0.614. The second kappa shape index (κ2) is 6.51. The Kier molecular flexibility index (Phi) is 4.97. The third-order valence-corrected chi connectivity index (χ3v) is 4.26. The molecule has 104 valence electrons. The topological polar surface area (TPSA) is 20.3 Å². The Morgan fingerprint density at radius 2 is 2.21 bits per heavy atom. The van der Waals surface area contributed by atoms with Crippen molar-refractivity contribution in [3.05, 3.63) is 34.1 Å². The monoisotopic (exact) mass is 327 g/mol. The second-order valence-electron chi connectivity index (χ2n) is 5.03. The van der Waals surface area contributed by atoms with Gasteiger partial charge < -0.3 is 4.90 Å². The third kappa shape index (κ3) is 3.35. The second-order valence-corrected chi connectivity index (χ2v) is 5.95. The molecule has 19 heavy (non-hydrogen) atoms. The molecule has 1 fully saturated rings. The quantitative estimate of drug-likeness (QED) is 0.789. The number of hydrogen-bond donors (Lipinski definition) is 0. The van der Waals surface area contributed by atoms with E-state index in [-0.39, 0.29) is 17.5 Å². The summed E-state index contributed by atoms with van der Waals surface area (Å²) >= 11 is 3.21. The van der Waals surface area contributed by atoms with Crippen molar-refractivity contribution >= 4 is 21.8 Å². The van der Waals surface area contributed by atoms with Gasteiger partial charge in [-0.25, -0.2) is 4.39 Å². The Morgan fingerprint density at radius 3 is 2.89 bits per heavy atom. The van der Waals surface area contributed by atoms with Crippen LogP contribution in [0.5, 0.6) is 0 Å². The van der Waals surface area contributed by atoms with Crippen molar-refractivity contribution in [2.75, 3.05) is 6.54 Å². The van der Waals surface area contributed by atoms with Crippen molar-refractivity contribution in [1.82, 2.24) is 4.90 Å². The zero-order valence-electron chi connectivity index (χ0n) is 11.2. The average molecular weight is 328 g/mol. The van der Waals surface area contributed by atoms with Crippen molar-refractivity contribution in [3.8, 4) is 0 Å². The molecule has 0 N–H and O–H groups in total. The summed E-state index contributed by atoms with van der Waals surface area (Å²) in [6.07, 6.45) is 5.29. The third-order valence-electron chi connectivity index (χ3n) is 3.77. The molecule has 1 amide bonds. The highest BCUT2D eigenvalue weighted by Gasteiger charge is 2.26. The van der Waals surface area contributed by atoms with E-state index in [4.69, 9.17) is 0 Å². The lowest BCUT2D eigenvalue weighted by Crippen LogP contribution is -2.40. The lowest BCUT2D eigenvalue weighted by atomic mass is 10.1. The normalized spacial score (nSPS) is 20.2. The first-order valence-corrected chi connectivity index (χ1v) is 7.68. The molecule has 2 rings (SSSR count). The number of hydrogen-bond acceptors (Lipinski definition) is 1. The smallest absolute Gasteiger partial charge is 0.257 e. The molecule has 1 atom stereocenters. The molecule has 0 bridgehead atoms. The summed E-state index contributed by atoms with van der Waals surface area (Å²) in [4.78, 5) is 14.4. The number of rotatable bonds is 2. The molecule has 1 saturated heterocycles. The molecule has 1 heterocycles. The number of benzene rings is 1. The highest BCUT2D eigenvalue weighted by atomic mass is 79.9. The molecule has 1 unspecified atom stereocenters. The van der Waals surface area contributed by atoms with Gasteiger partial charge in [0.1, 0.15) is 5.82 Å². The van der Waals surface area contributed by atoms with Crippen LogP contribution in [-0.2, 0) is 0 Å². The molecule has 0 radical (unpaired) electrons. The number of likely N-dealkylation sites (tertiary alicyclic amines) is 1. The number of halogens is 2. The van der Waals surface area contributed by atoms with Gasteiger partial charge in [0, 0.05) is 17.1 Å². The number of amides is 1. The van der Waals surface area contributed by atoms with Crippen LogP contribution < -0.4 is 0 Å². The fraction of sp³-hybridized carbons (Fsp3) is 0.533. The molecular formula is C15H19BrFNO. The molecule has 0 aliphatic carbocycles. The Balaban J connectivity index is 2.25. The Bertz CT molecular complexity index is 463. The van der Waals surface area contributed by atoms with Crippen LogP contribution in [-0.4, -0.2) is 23.4 Å². The first-order valence-electron chi connectivity index (χ1n) is 6.89. The summed E-state index contributed by atoms with van der Waals surface area (Å²) in [6, 6.07) is 4.89. The molecule has 4 heteroatoms. The van der Waals surface area contributed by atoms with Crippen molar-refractivity contribution < 1.29 is 9.18 Å². The van der Waals surface area contributed by atoms with Gasteiger partial charge in [0.25, 0.3) is 5.91 Å². The minimum absolute atomic E-state index is 0.168. The van der Waals surface area contributed by atoms with Gasteiger partial charge in [-0.2, -0.15) is 0 Å². The zero-order valence-corrected chi connectivity index (χ0v) is 12.7. The van der Waals surface area contributed by atoms with Gasteiger partial charge in [0.05, 0.1) is 5.56 Å². The lowest BCUT2D eigenvalue weighted by molar-refractivity contribution is 0.0673. The van der Waals surface area contributed by atoms with Crippen LogP contribution in [0.4, 0.5) is 4.39 Å². The lowest BCUT2D eigenvalue weighted by Gasteiger charge is -2.29. The number of carbonyl (C=O) groups excluding carboxylic acids is 1. The largest absolute Gasteiger partial charge is 0.336 e. The minimum Gasteiger partial charge on any atom is -0.336 e. The predicted octanol–water partition coefficient (Wildman–Crippen LogP) is 4.38. The van der Waals surface area contributed by atoms with E-state index in [0.717, 1.165) is 38.6 Å². The van der Waals surface area contributed by atoms with Gasteiger partial charge in [-0.1, -0.05) is 35.7 Å². The highest BCUT2D eigenvalue weighted by Crippen LogP contribution is 2.23. The van der Waals surface area contributed by atoms with E-state index in [1.165, 1.54) is 6.07 Å². The number of carbonyl (C=O) groups is 1. The minimum atomic E-state index is -0.446. The van der Waals surface area contributed by atoms with Gasteiger partial charge in [-0.3, -0.25) is 4.79 Å². The van der Waals surface area contributed by atoms with Gasteiger partial charge in [0.15, 0.2) is 0 Å². The van der Waals surface area contributed by atoms with E-state index in [1.54, 1.807) is 12.1 Å². The van der Waals surface area contributed by atoms with Gasteiger partial charge >= 0.3 is 0 Å². The Labute approximate surface area is 122 Å². The zero-order chi connectivity index (χ0) is 13.8. The Morgan fingerprint density at radius 1 is 1.42 bits per heavy atom. The van der Waals surface area contributed by atoms with Crippen LogP contribution in [0.25, 0.3) is 0 Å². The van der Waals surface area contributed by atoms with Crippen LogP contribution in [0, 0.1) is 5.82 Å². The maximum atomic E-state index is 13.9. The SMILES string of the molecule is CCC1CCCCCN1C(=O)c1ccc(Br)cc1F. The van der Waals surface area contributed by atoms with Crippen LogP contribution in [0.15, 0.2) is 22.7 Å². The van der Waals surface area contributed by atoms with Crippen molar-refractivity contribution in [2.45, 2.75) is 45.1 Å². The van der Waals surface area contributed by atoms with E-state index in [9.17, 15) is 9.18 Å². The van der Waals surface area contributed by atoms with E-state index < -0.39 is 5.82 Å². The standard InChI is InChI=1S/C15H19BrFNO/c1-2-12-6-4-3-5-9-18(12)15(19)13-8-7-11(16)10-14(13)17/h7-8,10,12H,2-6,9H2,1H3. The predicted molar refractivity (Wildman–Crippen MR) is 77.7 cm³/mol. The summed E-state index contributed by atoms with van der Waals surface area (Å²) in [7, 11) is 0. The maximum Gasteiger partial charge on any atom is 0.257 e. The van der Waals surface area contributed by atoms with E-state index in [1.807, 2.05) is 4.90 Å². The summed E-state index contributed by atoms with van der Waals surface area (Å²) in [5.41, 5.74) is 0.184. The molecule has 1 aromatic carbocycles. The van der Waals surface area contributed by atoms with E-state index in [2.05, 4.69) is 22.9 Å². The molecule has 1 aliphatic rings. The van der Waals surface area contributed by atoms with Crippen LogP contribution in [0.1, 0.15) is 49.4 Å². The molecule has 2 nitrogen and oxygen atoms in total. The molecular weight excluding hydrogens is 309 g/mol. The summed E-state index contributed by atoms with van der Waals surface area (Å²) in [5, 5.41) is 0. The van der Waals surface area contributed by atoms with Crippen LogP contribution >= 0.6 is 15.9 Å². The Hall–Kier alpha value is -0.900. The van der Waals surface area contributed by atoms with Gasteiger partial charge in [0.2, 0.25) is 0 Å². The van der Waals surface area contributed by atoms with Crippen LogP contribution in [0.3, 0.4) is 0 Å². The van der Waals surface area contributed by atoms with Gasteiger partial charge in [-0.05, 0) is 37.5 Å². The molecule has 0 spiro atoms. The van der Waals surface area contributed by atoms with Gasteiger partial charge in [-0.15, -0.1) is 0 Å². The van der Waals surface area contributed by atoms with E-state index in [0.29, 0.717) is 4.47 Å². The number of nitrogens with zero attached hydrogens (tertiary/aromatic N) is 1. The molecule has 1 aliphatic heterocycles. The first-order chi connectivity index (χ1) is 9.13. The fourth-order valence-corrected chi connectivity index (χ4v) is 3.02. The molecule has 1 aromatic rings. The van der Waals surface area contributed by atoms with E-state index >= 15 is 0 Å². The van der Waals surface area contributed by atoms with Crippen molar-refractivity contribution in [1.29, 1.82) is 0 Å². The highest BCUT2D eigenvalue weighted by molar-refractivity contribution is 9.10.